The van der Waals surface area contributed by atoms with Gasteiger partial charge >= 0.3 is 0 Å². The second-order valence-electron chi connectivity index (χ2n) is 5.65. The number of halogens is 2. The number of benzene rings is 1. The van der Waals surface area contributed by atoms with Gasteiger partial charge in [-0.25, -0.2) is 8.78 Å². The number of aryl methyl sites for hydroxylation is 1. The molecular formula is C17H22F2. The van der Waals surface area contributed by atoms with Gasteiger partial charge in [0.25, 0.3) is 0 Å². The summed E-state index contributed by atoms with van der Waals surface area (Å²) in [6.45, 7) is 0. The molecule has 0 heterocycles. The van der Waals surface area contributed by atoms with Crippen LogP contribution in [0.5, 0.6) is 0 Å². The lowest BCUT2D eigenvalue weighted by Gasteiger charge is -2.27. The summed E-state index contributed by atoms with van der Waals surface area (Å²) in [6.07, 6.45) is 10.4. The fraction of sp³-hybridized carbons (Fsp3) is 0.529. The van der Waals surface area contributed by atoms with E-state index in [1.165, 1.54) is 49.8 Å². The predicted octanol–water partition coefficient (Wildman–Crippen LogP) is 5.44. The molecule has 1 fully saturated rings. The summed E-state index contributed by atoms with van der Waals surface area (Å²) in [5, 5.41) is 0. The van der Waals surface area contributed by atoms with Crippen molar-refractivity contribution in [2.45, 2.75) is 44.9 Å². The largest absolute Gasteiger partial charge is 0.216 e. The van der Waals surface area contributed by atoms with Gasteiger partial charge in [-0.3, -0.25) is 0 Å². The highest BCUT2D eigenvalue weighted by Gasteiger charge is 2.20. The van der Waals surface area contributed by atoms with Gasteiger partial charge in [0.15, 0.2) is 0 Å². The highest BCUT2D eigenvalue weighted by molar-refractivity contribution is 5.16. The third kappa shape index (κ3) is 4.77. The van der Waals surface area contributed by atoms with Crippen molar-refractivity contribution < 1.29 is 8.78 Å². The lowest BCUT2D eigenvalue weighted by atomic mass is 9.78. The first-order chi connectivity index (χ1) is 9.28. The Bertz CT molecular complexity index is 386. The van der Waals surface area contributed by atoms with Crippen LogP contribution in [0.2, 0.25) is 0 Å². The van der Waals surface area contributed by atoms with Crippen LogP contribution in [0.4, 0.5) is 8.78 Å². The molecule has 2 heteroatoms. The lowest BCUT2D eigenvalue weighted by Crippen LogP contribution is -2.14. The van der Waals surface area contributed by atoms with Crippen LogP contribution in [0.3, 0.4) is 0 Å². The average molecular weight is 264 g/mol. The standard InChI is InChI=1S/C17H22F2/c18-13-1-2-14-3-5-15(6-4-14)7-8-16-9-11-17(19)12-10-16/h1,9-15H,2-8H2. The molecule has 0 unspecified atom stereocenters. The Morgan fingerprint density at radius 3 is 2.26 bits per heavy atom. The minimum Gasteiger partial charge on any atom is -0.216 e. The van der Waals surface area contributed by atoms with Crippen LogP contribution in [0.25, 0.3) is 0 Å². The van der Waals surface area contributed by atoms with Gasteiger partial charge in [-0.1, -0.05) is 31.1 Å². The first-order valence-electron chi connectivity index (χ1n) is 7.27. The van der Waals surface area contributed by atoms with Gasteiger partial charge in [-0.15, -0.1) is 0 Å². The van der Waals surface area contributed by atoms with Crippen LogP contribution >= 0.6 is 0 Å². The fourth-order valence-corrected chi connectivity index (χ4v) is 3.02. The topological polar surface area (TPSA) is 0 Å². The molecule has 1 aromatic carbocycles. The Morgan fingerprint density at radius 2 is 1.63 bits per heavy atom. The first-order valence-corrected chi connectivity index (χ1v) is 7.27. The summed E-state index contributed by atoms with van der Waals surface area (Å²) in [7, 11) is 0. The lowest BCUT2D eigenvalue weighted by molar-refractivity contribution is 0.264. The van der Waals surface area contributed by atoms with Crippen molar-refractivity contribution in [2.24, 2.45) is 11.8 Å². The van der Waals surface area contributed by atoms with E-state index in [1.807, 2.05) is 12.1 Å². The smallest absolute Gasteiger partial charge is 0.123 e. The maximum absolute atomic E-state index is 12.8. The normalized spacial score (nSPS) is 23.9. The zero-order valence-electron chi connectivity index (χ0n) is 11.3. The van der Waals surface area contributed by atoms with Crippen molar-refractivity contribution in [1.29, 1.82) is 0 Å². The summed E-state index contributed by atoms with van der Waals surface area (Å²) in [5.41, 5.74) is 1.23. The summed E-state index contributed by atoms with van der Waals surface area (Å²) < 4.78 is 24.7. The SMILES string of the molecule is FC=CCC1CCC(CCc2ccc(F)cc2)CC1. The number of hydrogen-bond acceptors (Lipinski definition) is 0. The second kappa shape index (κ2) is 7.42. The molecule has 0 saturated heterocycles. The average Bonchev–Trinajstić information content (AvgIpc) is 2.46. The maximum Gasteiger partial charge on any atom is 0.123 e. The van der Waals surface area contributed by atoms with Crippen LogP contribution in [0.15, 0.2) is 36.7 Å². The molecular weight excluding hydrogens is 242 g/mol. The van der Waals surface area contributed by atoms with Crippen LogP contribution in [0, 0.1) is 17.7 Å². The van der Waals surface area contributed by atoms with Crippen LogP contribution in [0.1, 0.15) is 44.1 Å². The Labute approximate surface area is 114 Å². The fourth-order valence-electron chi connectivity index (χ4n) is 3.02. The van der Waals surface area contributed by atoms with Gasteiger partial charge in [0, 0.05) is 0 Å². The minimum atomic E-state index is -0.162. The molecule has 0 radical (unpaired) electrons. The molecule has 0 aromatic heterocycles. The molecule has 1 saturated carbocycles. The molecule has 0 atom stereocenters. The quantitative estimate of drug-likeness (QED) is 0.664. The van der Waals surface area contributed by atoms with Gasteiger partial charge in [-0.05, 0) is 61.6 Å². The Kier molecular flexibility index (Phi) is 5.56. The van der Waals surface area contributed by atoms with E-state index in [4.69, 9.17) is 0 Å². The summed E-state index contributed by atoms with van der Waals surface area (Å²) in [6, 6.07) is 6.84. The third-order valence-corrected chi connectivity index (χ3v) is 4.28. The molecule has 1 aliphatic carbocycles. The van der Waals surface area contributed by atoms with E-state index in [0.29, 0.717) is 12.2 Å². The van der Waals surface area contributed by atoms with Gasteiger partial charge in [0.05, 0.1) is 6.33 Å². The molecule has 19 heavy (non-hydrogen) atoms. The van der Waals surface area contributed by atoms with Gasteiger partial charge in [-0.2, -0.15) is 0 Å². The van der Waals surface area contributed by atoms with Crippen molar-refractivity contribution in [3.8, 4) is 0 Å². The van der Waals surface area contributed by atoms with E-state index in [2.05, 4.69) is 0 Å². The Hall–Kier alpha value is -1.18. The summed E-state index contributed by atoms with van der Waals surface area (Å²) in [5.74, 6) is 1.30. The molecule has 1 aliphatic rings. The van der Waals surface area contributed by atoms with E-state index >= 15 is 0 Å². The number of allylic oxidation sites excluding steroid dienone is 1. The van der Waals surface area contributed by atoms with Crippen molar-refractivity contribution in [3.05, 3.63) is 48.1 Å². The van der Waals surface area contributed by atoms with E-state index in [9.17, 15) is 8.78 Å². The number of rotatable bonds is 5. The van der Waals surface area contributed by atoms with Gasteiger partial charge in [0.1, 0.15) is 5.82 Å². The Balaban J connectivity index is 1.69. The minimum absolute atomic E-state index is 0.162. The zero-order valence-corrected chi connectivity index (χ0v) is 11.3. The van der Waals surface area contributed by atoms with Crippen LogP contribution in [-0.2, 0) is 6.42 Å². The van der Waals surface area contributed by atoms with Crippen LogP contribution in [-0.4, -0.2) is 0 Å². The molecule has 0 N–H and O–H groups in total. The van der Waals surface area contributed by atoms with Crippen molar-refractivity contribution in [1.82, 2.24) is 0 Å². The monoisotopic (exact) mass is 264 g/mol. The van der Waals surface area contributed by atoms with E-state index < -0.39 is 0 Å². The van der Waals surface area contributed by atoms with E-state index in [1.54, 1.807) is 6.08 Å². The van der Waals surface area contributed by atoms with Crippen LogP contribution < -0.4 is 0 Å². The molecule has 104 valence electrons. The maximum atomic E-state index is 12.8. The van der Waals surface area contributed by atoms with Crippen molar-refractivity contribution >= 4 is 0 Å². The second-order valence-corrected chi connectivity index (χ2v) is 5.65. The molecule has 0 bridgehead atoms. The molecule has 0 nitrogen and oxygen atoms in total. The zero-order chi connectivity index (χ0) is 13.5. The highest BCUT2D eigenvalue weighted by Crippen LogP contribution is 2.33. The number of hydrogen-bond donors (Lipinski definition) is 0. The molecule has 2 rings (SSSR count). The highest BCUT2D eigenvalue weighted by atomic mass is 19.1. The third-order valence-electron chi connectivity index (χ3n) is 4.28. The van der Waals surface area contributed by atoms with Crippen molar-refractivity contribution in [3.63, 3.8) is 0 Å². The first kappa shape index (κ1) is 14.2. The van der Waals surface area contributed by atoms with E-state index in [-0.39, 0.29) is 5.82 Å². The molecule has 0 aliphatic heterocycles. The van der Waals surface area contributed by atoms with E-state index in [0.717, 1.165) is 18.8 Å². The molecule has 1 aromatic rings. The Morgan fingerprint density at radius 1 is 1.00 bits per heavy atom. The van der Waals surface area contributed by atoms with Crippen molar-refractivity contribution in [2.75, 3.05) is 0 Å². The predicted molar refractivity (Wildman–Crippen MR) is 75.0 cm³/mol. The summed E-state index contributed by atoms with van der Waals surface area (Å²) in [4.78, 5) is 0. The molecule has 0 amide bonds. The molecule has 0 spiro atoms. The summed E-state index contributed by atoms with van der Waals surface area (Å²) >= 11 is 0. The van der Waals surface area contributed by atoms with Gasteiger partial charge < -0.3 is 0 Å². The van der Waals surface area contributed by atoms with Gasteiger partial charge in [0.2, 0.25) is 0 Å².